The normalized spacial score (nSPS) is 10.6. The van der Waals surface area contributed by atoms with Crippen LogP contribution < -0.4 is 0 Å². The monoisotopic (exact) mass is 139 g/mol. The highest BCUT2D eigenvalue weighted by Crippen LogP contribution is 2.04. The number of rotatable bonds is 5. The Morgan fingerprint density at radius 1 is 1.50 bits per heavy atom. The van der Waals surface area contributed by atoms with Gasteiger partial charge in [-0.2, -0.15) is 0 Å². The fourth-order valence-electron chi connectivity index (χ4n) is 0.666. The van der Waals surface area contributed by atoms with Gasteiger partial charge in [0.1, 0.15) is 0 Å². The first kappa shape index (κ1) is 9.41. The van der Waals surface area contributed by atoms with Crippen molar-refractivity contribution >= 4 is 6.21 Å². The van der Waals surface area contributed by atoms with E-state index in [1.165, 1.54) is 12.8 Å². The Hall–Kier alpha value is -0.590. The molecule has 0 spiro atoms. The van der Waals surface area contributed by atoms with Gasteiger partial charge in [-0.1, -0.05) is 26.8 Å². The molecule has 0 saturated carbocycles. The maximum atomic E-state index is 4.16. The Morgan fingerprint density at radius 3 is 2.70 bits per heavy atom. The van der Waals surface area contributed by atoms with Crippen molar-refractivity contribution in [2.45, 2.75) is 39.5 Å². The van der Waals surface area contributed by atoms with Crippen LogP contribution >= 0.6 is 0 Å². The van der Waals surface area contributed by atoms with Gasteiger partial charge in [0.25, 0.3) is 0 Å². The van der Waals surface area contributed by atoms with Crippen LogP contribution in [0.2, 0.25) is 0 Å². The van der Waals surface area contributed by atoms with Gasteiger partial charge in [0.2, 0.25) is 0 Å². The van der Waals surface area contributed by atoms with E-state index in [0.717, 1.165) is 18.5 Å². The van der Waals surface area contributed by atoms with Crippen molar-refractivity contribution in [1.29, 1.82) is 0 Å². The van der Waals surface area contributed by atoms with Crippen molar-refractivity contribution in [2.24, 2.45) is 4.99 Å². The SMILES string of the molecule is C=C(CCCC)/N=C\CC. The number of nitrogens with zero attached hydrogens (tertiary/aromatic N) is 1. The second-order valence-corrected chi connectivity index (χ2v) is 2.39. The molecule has 0 fully saturated rings. The van der Waals surface area contributed by atoms with Crippen molar-refractivity contribution in [3.8, 4) is 0 Å². The molecular weight excluding hydrogens is 122 g/mol. The molecule has 1 heteroatoms. The number of unbranched alkanes of at least 4 members (excludes halogenated alkanes) is 1. The van der Waals surface area contributed by atoms with Crippen LogP contribution in [0.4, 0.5) is 0 Å². The molecule has 0 aromatic heterocycles. The lowest BCUT2D eigenvalue weighted by Gasteiger charge is -1.95. The summed E-state index contributed by atoms with van der Waals surface area (Å²) in [5.74, 6) is 0. The van der Waals surface area contributed by atoms with Gasteiger partial charge in [-0.15, -0.1) is 0 Å². The molecule has 10 heavy (non-hydrogen) atoms. The molecule has 1 nitrogen and oxygen atoms in total. The van der Waals surface area contributed by atoms with Gasteiger partial charge in [-0.05, 0) is 19.3 Å². The van der Waals surface area contributed by atoms with E-state index in [2.05, 4.69) is 25.4 Å². The molecule has 0 rings (SSSR count). The van der Waals surface area contributed by atoms with E-state index in [1.807, 2.05) is 6.21 Å². The van der Waals surface area contributed by atoms with Crippen molar-refractivity contribution < 1.29 is 0 Å². The van der Waals surface area contributed by atoms with Gasteiger partial charge in [0, 0.05) is 11.9 Å². The predicted octanol–water partition coefficient (Wildman–Crippen LogP) is 3.17. The molecule has 0 saturated heterocycles. The summed E-state index contributed by atoms with van der Waals surface area (Å²) in [6.07, 6.45) is 6.40. The molecule has 0 radical (unpaired) electrons. The van der Waals surface area contributed by atoms with Crippen molar-refractivity contribution in [2.75, 3.05) is 0 Å². The average molecular weight is 139 g/mol. The predicted molar refractivity (Wildman–Crippen MR) is 47.4 cm³/mol. The summed E-state index contributed by atoms with van der Waals surface area (Å²) < 4.78 is 0. The fraction of sp³-hybridized carbons (Fsp3) is 0.667. The standard InChI is InChI=1S/C9H17N/c1-4-6-7-9(3)10-8-5-2/h8H,3-7H2,1-2H3/b10-8-. The van der Waals surface area contributed by atoms with E-state index in [-0.39, 0.29) is 0 Å². The second-order valence-electron chi connectivity index (χ2n) is 2.39. The lowest BCUT2D eigenvalue weighted by atomic mass is 10.2. The molecule has 0 aliphatic rings. The van der Waals surface area contributed by atoms with E-state index in [9.17, 15) is 0 Å². The molecule has 0 aliphatic carbocycles. The molecule has 0 aromatic rings. The van der Waals surface area contributed by atoms with Crippen LogP contribution in [0, 0.1) is 0 Å². The maximum absolute atomic E-state index is 4.16. The van der Waals surface area contributed by atoms with Gasteiger partial charge in [0.05, 0.1) is 0 Å². The van der Waals surface area contributed by atoms with Gasteiger partial charge >= 0.3 is 0 Å². The third-order valence-electron chi connectivity index (χ3n) is 1.28. The van der Waals surface area contributed by atoms with Crippen molar-refractivity contribution in [1.82, 2.24) is 0 Å². The minimum absolute atomic E-state index is 1.01. The lowest BCUT2D eigenvalue weighted by Crippen LogP contribution is -1.78. The Balaban J connectivity index is 3.34. The highest BCUT2D eigenvalue weighted by molar-refractivity contribution is 5.58. The summed E-state index contributed by atoms with van der Waals surface area (Å²) in [7, 11) is 0. The van der Waals surface area contributed by atoms with Crippen LogP contribution in [0.15, 0.2) is 17.3 Å². The van der Waals surface area contributed by atoms with Gasteiger partial charge in [-0.3, -0.25) is 4.99 Å². The zero-order valence-electron chi connectivity index (χ0n) is 7.06. The average Bonchev–Trinajstić information content (AvgIpc) is 1.97. The zero-order valence-corrected chi connectivity index (χ0v) is 7.06. The summed E-state index contributed by atoms with van der Waals surface area (Å²) in [6.45, 7) is 8.09. The summed E-state index contributed by atoms with van der Waals surface area (Å²) in [5.41, 5.74) is 1.02. The molecule has 0 N–H and O–H groups in total. The molecule has 0 aliphatic heterocycles. The number of allylic oxidation sites excluding steroid dienone is 1. The molecule has 0 atom stereocenters. The lowest BCUT2D eigenvalue weighted by molar-refractivity contribution is 0.784. The molecule has 0 amide bonds. The molecule has 0 heterocycles. The number of hydrogen-bond acceptors (Lipinski definition) is 1. The zero-order chi connectivity index (χ0) is 7.82. The minimum atomic E-state index is 1.01. The van der Waals surface area contributed by atoms with E-state index in [0.29, 0.717) is 0 Å². The first-order valence-corrected chi connectivity index (χ1v) is 4.01. The summed E-state index contributed by atoms with van der Waals surface area (Å²) in [4.78, 5) is 4.16. The Labute approximate surface area is 63.9 Å². The van der Waals surface area contributed by atoms with Gasteiger partial charge in [-0.25, -0.2) is 0 Å². The van der Waals surface area contributed by atoms with Crippen molar-refractivity contribution in [3.63, 3.8) is 0 Å². The summed E-state index contributed by atoms with van der Waals surface area (Å²) in [6, 6.07) is 0. The minimum Gasteiger partial charge on any atom is -0.266 e. The third kappa shape index (κ3) is 5.54. The van der Waals surface area contributed by atoms with E-state index in [1.54, 1.807) is 0 Å². The van der Waals surface area contributed by atoms with E-state index < -0.39 is 0 Å². The Bertz CT molecular complexity index is 114. The van der Waals surface area contributed by atoms with Crippen LogP contribution in [-0.4, -0.2) is 6.21 Å². The summed E-state index contributed by atoms with van der Waals surface area (Å²) in [5, 5.41) is 0. The Kier molecular flexibility index (Phi) is 6.14. The number of aliphatic imine (C=N–C) groups is 1. The first-order chi connectivity index (χ1) is 4.81. The van der Waals surface area contributed by atoms with Gasteiger partial charge in [0.15, 0.2) is 0 Å². The first-order valence-electron chi connectivity index (χ1n) is 4.01. The summed E-state index contributed by atoms with van der Waals surface area (Å²) >= 11 is 0. The maximum Gasteiger partial charge on any atom is 0.0328 e. The molecule has 0 aromatic carbocycles. The van der Waals surface area contributed by atoms with E-state index >= 15 is 0 Å². The van der Waals surface area contributed by atoms with Crippen molar-refractivity contribution in [3.05, 3.63) is 12.3 Å². The quantitative estimate of drug-likeness (QED) is 0.519. The van der Waals surface area contributed by atoms with Crippen LogP contribution in [0.25, 0.3) is 0 Å². The fourth-order valence-corrected chi connectivity index (χ4v) is 0.666. The van der Waals surface area contributed by atoms with Crippen LogP contribution in [-0.2, 0) is 0 Å². The van der Waals surface area contributed by atoms with Crippen LogP contribution in [0.1, 0.15) is 39.5 Å². The van der Waals surface area contributed by atoms with Crippen LogP contribution in [0.5, 0.6) is 0 Å². The molecule has 58 valence electrons. The largest absolute Gasteiger partial charge is 0.266 e. The number of hydrogen-bond donors (Lipinski definition) is 0. The smallest absolute Gasteiger partial charge is 0.0328 e. The molecule has 0 bridgehead atoms. The second kappa shape index (κ2) is 6.53. The topological polar surface area (TPSA) is 12.4 Å². The third-order valence-corrected chi connectivity index (χ3v) is 1.28. The molecule has 0 unspecified atom stereocenters. The highest BCUT2D eigenvalue weighted by Gasteiger charge is 1.86. The molecular formula is C9H17N. The van der Waals surface area contributed by atoms with Crippen LogP contribution in [0.3, 0.4) is 0 Å². The van der Waals surface area contributed by atoms with E-state index in [4.69, 9.17) is 0 Å². The van der Waals surface area contributed by atoms with Gasteiger partial charge < -0.3 is 0 Å². The Morgan fingerprint density at radius 2 is 2.20 bits per heavy atom. The highest BCUT2D eigenvalue weighted by atomic mass is 14.7.